The van der Waals surface area contributed by atoms with E-state index in [-0.39, 0.29) is 12.5 Å². The molecule has 0 radical (unpaired) electrons. The van der Waals surface area contributed by atoms with Gasteiger partial charge < -0.3 is 20.5 Å². The van der Waals surface area contributed by atoms with Crippen molar-refractivity contribution in [2.75, 3.05) is 18.5 Å². The number of ether oxygens (including phenoxy) is 1. The van der Waals surface area contributed by atoms with Crippen LogP contribution in [-0.2, 0) is 22.4 Å². The number of carboxylic acids is 1. The highest BCUT2D eigenvalue weighted by atomic mass is 32.1. The molecule has 1 aromatic carbocycles. The standard InChI is InChI=1S/C28H32N4O4S/c33-27(21-4-1-3-20(15-21)25-16-29-17-37-25)32-24(28(34)35)10-12-36-23-13-18(14-23)6-8-22-9-7-19-5-2-11-30-26(19)31-22/h1,3-4,7,9,15-18,23-24H,2,5-6,8,10-14H2,(H,30,31)(H,32,33)(H,34,35)/t18-,23+,24?. The monoisotopic (exact) mass is 520 g/mol. The van der Waals surface area contributed by atoms with Gasteiger partial charge in [-0.3, -0.25) is 9.78 Å². The summed E-state index contributed by atoms with van der Waals surface area (Å²) in [7, 11) is 0. The number of carbonyl (C=O) groups excluding carboxylic acids is 1. The lowest BCUT2D eigenvalue weighted by atomic mass is 9.79. The molecule has 1 aliphatic carbocycles. The summed E-state index contributed by atoms with van der Waals surface area (Å²) in [4.78, 5) is 34.3. The Kier molecular flexibility index (Phi) is 8.11. The molecule has 2 aromatic heterocycles. The molecule has 2 aliphatic rings. The molecule has 8 nitrogen and oxygen atoms in total. The Morgan fingerprint density at radius 3 is 2.95 bits per heavy atom. The van der Waals surface area contributed by atoms with E-state index in [1.165, 1.54) is 23.3 Å². The molecule has 0 bridgehead atoms. The number of carbonyl (C=O) groups is 2. The van der Waals surface area contributed by atoms with E-state index in [2.05, 4.69) is 27.8 Å². The summed E-state index contributed by atoms with van der Waals surface area (Å²) in [5.41, 5.74) is 5.48. The first-order valence-corrected chi connectivity index (χ1v) is 13.8. The van der Waals surface area contributed by atoms with Crippen LogP contribution in [0.2, 0.25) is 0 Å². The molecule has 5 rings (SSSR count). The summed E-state index contributed by atoms with van der Waals surface area (Å²) >= 11 is 1.48. The number of anilines is 1. The molecular formula is C28H32N4O4S. The van der Waals surface area contributed by atoms with Crippen LogP contribution in [0.1, 0.15) is 53.7 Å². The molecule has 1 unspecified atom stereocenters. The number of benzene rings is 1. The highest BCUT2D eigenvalue weighted by Gasteiger charge is 2.30. The molecule has 3 aromatic rings. The maximum atomic E-state index is 12.7. The Morgan fingerprint density at radius 2 is 2.14 bits per heavy atom. The molecule has 1 atom stereocenters. The van der Waals surface area contributed by atoms with Crippen LogP contribution in [0.5, 0.6) is 0 Å². The maximum absolute atomic E-state index is 12.7. The number of aliphatic carboxylic acids is 1. The van der Waals surface area contributed by atoms with Crippen molar-refractivity contribution in [3.8, 4) is 10.4 Å². The Balaban J connectivity index is 1.03. The van der Waals surface area contributed by atoms with Gasteiger partial charge in [0.2, 0.25) is 0 Å². The topological polar surface area (TPSA) is 113 Å². The zero-order valence-electron chi connectivity index (χ0n) is 20.7. The molecule has 3 heterocycles. The Morgan fingerprint density at radius 1 is 1.24 bits per heavy atom. The van der Waals surface area contributed by atoms with Gasteiger partial charge in [-0.15, -0.1) is 11.3 Å². The predicted molar refractivity (Wildman–Crippen MR) is 143 cm³/mol. The fourth-order valence-electron chi connectivity index (χ4n) is 4.93. The molecular weight excluding hydrogens is 488 g/mol. The molecule has 0 saturated heterocycles. The van der Waals surface area contributed by atoms with E-state index in [9.17, 15) is 14.7 Å². The predicted octanol–water partition coefficient (Wildman–Crippen LogP) is 4.56. The lowest BCUT2D eigenvalue weighted by Gasteiger charge is -2.35. The molecule has 3 N–H and O–H groups in total. The number of amides is 1. The molecule has 1 saturated carbocycles. The lowest BCUT2D eigenvalue weighted by Crippen LogP contribution is -2.42. The van der Waals surface area contributed by atoms with Crippen LogP contribution in [0.25, 0.3) is 10.4 Å². The van der Waals surface area contributed by atoms with Crippen LogP contribution in [0.3, 0.4) is 0 Å². The Hall–Kier alpha value is -3.30. The van der Waals surface area contributed by atoms with Crippen LogP contribution in [0.15, 0.2) is 48.1 Å². The quantitative estimate of drug-likeness (QED) is 0.340. The average Bonchev–Trinajstić information content (AvgIpc) is 3.44. The zero-order valence-corrected chi connectivity index (χ0v) is 21.5. The summed E-state index contributed by atoms with van der Waals surface area (Å²) in [5.74, 6) is 0.185. The number of hydrogen-bond donors (Lipinski definition) is 3. The third kappa shape index (κ3) is 6.53. The van der Waals surface area contributed by atoms with Crippen molar-refractivity contribution in [2.45, 2.75) is 57.1 Å². The van der Waals surface area contributed by atoms with Crippen molar-refractivity contribution >= 4 is 29.0 Å². The van der Waals surface area contributed by atoms with Gasteiger partial charge >= 0.3 is 5.97 Å². The second-order valence-corrected chi connectivity index (χ2v) is 10.7. The van der Waals surface area contributed by atoms with E-state index in [0.717, 1.165) is 60.6 Å². The Bertz CT molecular complexity index is 1230. The fourth-order valence-corrected chi connectivity index (χ4v) is 5.55. The van der Waals surface area contributed by atoms with Crippen molar-refractivity contribution in [2.24, 2.45) is 5.92 Å². The largest absolute Gasteiger partial charge is 0.480 e. The average molecular weight is 521 g/mol. The smallest absolute Gasteiger partial charge is 0.326 e. The first kappa shape index (κ1) is 25.4. The van der Waals surface area contributed by atoms with Gasteiger partial charge in [-0.2, -0.15) is 0 Å². The summed E-state index contributed by atoms with van der Waals surface area (Å²) in [6, 6.07) is 10.5. The number of carboxylic acid groups (broad SMARTS) is 1. The van der Waals surface area contributed by atoms with Crippen molar-refractivity contribution < 1.29 is 19.4 Å². The molecule has 1 amide bonds. The highest BCUT2D eigenvalue weighted by molar-refractivity contribution is 7.13. The van der Waals surface area contributed by atoms with E-state index in [4.69, 9.17) is 9.72 Å². The van der Waals surface area contributed by atoms with E-state index in [0.29, 0.717) is 18.1 Å². The van der Waals surface area contributed by atoms with Crippen LogP contribution >= 0.6 is 11.3 Å². The van der Waals surface area contributed by atoms with Crippen LogP contribution in [0, 0.1) is 5.92 Å². The number of nitrogens with zero attached hydrogens (tertiary/aromatic N) is 2. The van der Waals surface area contributed by atoms with Gasteiger partial charge in [0.25, 0.3) is 5.91 Å². The maximum Gasteiger partial charge on any atom is 0.326 e. The van der Waals surface area contributed by atoms with E-state index in [1.807, 2.05) is 6.07 Å². The number of hydrogen-bond acceptors (Lipinski definition) is 7. The molecule has 194 valence electrons. The first-order valence-electron chi connectivity index (χ1n) is 12.9. The SMILES string of the molecule is O=C(NC(CCO[C@H]1C[C@@H](CCc2ccc3c(n2)NCCC3)C1)C(=O)O)c1cccc(-c2cncs2)c1. The third-order valence-electron chi connectivity index (χ3n) is 7.16. The minimum absolute atomic E-state index is 0.157. The summed E-state index contributed by atoms with van der Waals surface area (Å²) in [5, 5.41) is 15.7. The number of aromatic nitrogens is 2. The van der Waals surface area contributed by atoms with Gasteiger partial charge in [0.05, 0.1) is 16.5 Å². The second kappa shape index (κ2) is 11.8. The van der Waals surface area contributed by atoms with Gasteiger partial charge in [0.1, 0.15) is 11.9 Å². The molecule has 37 heavy (non-hydrogen) atoms. The highest BCUT2D eigenvalue weighted by Crippen LogP contribution is 2.34. The van der Waals surface area contributed by atoms with E-state index in [1.54, 1.807) is 29.9 Å². The summed E-state index contributed by atoms with van der Waals surface area (Å²) in [6.07, 6.45) is 8.40. The molecule has 0 spiro atoms. The molecule has 1 fully saturated rings. The number of nitrogens with one attached hydrogen (secondary N) is 2. The third-order valence-corrected chi connectivity index (χ3v) is 7.98. The van der Waals surface area contributed by atoms with E-state index < -0.39 is 17.9 Å². The Labute approximate surface area is 220 Å². The summed E-state index contributed by atoms with van der Waals surface area (Å²) < 4.78 is 5.92. The lowest BCUT2D eigenvalue weighted by molar-refractivity contribution is -0.140. The normalized spacial score (nSPS) is 19.2. The van der Waals surface area contributed by atoms with Gasteiger partial charge in [-0.1, -0.05) is 18.2 Å². The second-order valence-electron chi connectivity index (χ2n) is 9.81. The summed E-state index contributed by atoms with van der Waals surface area (Å²) in [6.45, 7) is 1.30. The minimum atomic E-state index is -1.06. The fraction of sp³-hybridized carbons (Fsp3) is 0.429. The molecule has 1 aliphatic heterocycles. The van der Waals surface area contributed by atoms with Gasteiger partial charge in [-0.25, -0.2) is 9.78 Å². The van der Waals surface area contributed by atoms with Crippen LogP contribution < -0.4 is 10.6 Å². The van der Waals surface area contributed by atoms with Crippen molar-refractivity contribution in [3.63, 3.8) is 0 Å². The van der Waals surface area contributed by atoms with E-state index >= 15 is 0 Å². The van der Waals surface area contributed by atoms with Crippen molar-refractivity contribution in [3.05, 3.63) is 64.9 Å². The first-order chi connectivity index (χ1) is 18.0. The number of fused-ring (bicyclic) bond motifs is 1. The number of thiazole rings is 1. The number of pyridine rings is 1. The van der Waals surface area contributed by atoms with Crippen LogP contribution in [-0.4, -0.2) is 52.2 Å². The minimum Gasteiger partial charge on any atom is -0.480 e. The number of rotatable bonds is 11. The van der Waals surface area contributed by atoms with Crippen LogP contribution in [0.4, 0.5) is 5.82 Å². The van der Waals surface area contributed by atoms with Gasteiger partial charge in [-0.05, 0) is 73.8 Å². The zero-order chi connectivity index (χ0) is 25.6. The molecule has 9 heteroatoms. The van der Waals surface area contributed by atoms with Gasteiger partial charge in [0, 0.05) is 37.0 Å². The van der Waals surface area contributed by atoms with Gasteiger partial charge in [0.15, 0.2) is 0 Å². The van der Waals surface area contributed by atoms with Crippen molar-refractivity contribution in [1.29, 1.82) is 0 Å². The number of aryl methyl sites for hydroxylation is 2. The van der Waals surface area contributed by atoms with Crippen molar-refractivity contribution in [1.82, 2.24) is 15.3 Å².